The van der Waals surface area contributed by atoms with Gasteiger partial charge in [0.1, 0.15) is 0 Å². The number of carbonyl (C=O) groups is 1. The fraction of sp³-hybridized carbons (Fsp3) is 0.300. The largest absolute Gasteiger partial charge is 0.355 e. The van der Waals surface area contributed by atoms with Crippen LogP contribution in [0, 0.1) is 0 Å². The van der Waals surface area contributed by atoms with Crippen LogP contribution in [0.15, 0.2) is 28.7 Å². The first-order chi connectivity index (χ1) is 6.27. The molecule has 0 bridgehead atoms. The number of rotatable bonds is 1. The maximum Gasteiger partial charge on any atom is 0.220 e. The fourth-order valence-corrected chi connectivity index (χ4v) is 2.24. The molecule has 13 heavy (non-hydrogen) atoms. The summed E-state index contributed by atoms with van der Waals surface area (Å²) < 4.78 is 1.09. The average molecular weight is 240 g/mol. The van der Waals surface area contributed by atoms with Gasteiger partial charge in [-0.2, -0.15) is 0 Å². The zero-order valence-corrected chi connectivity index (χ0v) is 8.67. The summed E-state index contributed by atoms with van der Waals surface area (Å²) in [4.78, 5) is 11.0. The van der Waals surface area contributed by atoms with E-state index in [0.29, 0.717) is 12.3 Å². The van der Waals surface area contributed by atoms with E-state index in [1.54, 1.807) is 0 Å². The molecule has 1 saturated heterocycles. The van der Waals surface area contributed by atoms with Crippen molar-refractivity contribution in [3.05, 3.63) is 34.3 Å². The molecule has 2 nitrogen and oxygen atoms in total. The second-order valence-electron chi connectivity index (χ2n) is 3.23. The quantitative estimate of drug-likeness (QED) is 0.799. The van der Waals surface area contributed by atoms with E-state index < -0.39 is 0 Å². The Balaban J connectivity index is 2.26. The minimum absolute atomic E-state index is 0.153. The molecule has 1 aromatic rings. The number of hydrogen-bond donors (Lipinski definition) is 1. The normalized spacial score (nSPS) is 21.6. The van der Waals surface area contributed by atoms with E-state index >= 15 is 0 Å². The van der Waals surface area contributed by atoms with Gasteiger partial charge in [0, 0.05) is 23.4 Å². The Labute approximate surface area is 85.5 Å². The summed E-state index contributed by atoms with van der Waals surface area (Å²) in [5.41, 5.74) is 1.22. The molecule has 1 aromatic carbocycles. The highest BCUT2D eigenvalue weighted by atomic mass is 79.9. The van der Waals surface area contributed by atoms with Crippen molar-refractivity contribution in [3.8, 4) is 0 Å². The SMILES string of the molecule is O=C1CC(c2ccccc2Br)CN1. The highest BCUT2D eigenvalue weighted by Gasteiger charge is 2.23. The molecular formula is C10H10BrNO. The molecular weight excluding hydrogens is 230 g/mol. The molecule has 3 heteroatoms. The number of nitrogens with one attached hydrogen (secondary N) is 1. The Morgan fingerprint density at radius 3 is 2.77 bits per heavy atom. The van der Waals surface area contributed by atoms with E-state index in [9.17, 15) is 4.79 Å². The molecule has 2 rings (SSSR count). The molecule has 68 valence electrons. The first kappa shape index (κ1) is 8.75. The number of benzene rings is 1. The van der Waals surface area contributed by atoms with Gasteiger partial charge in [-0.3, -0.25) is 4.79 Å². The first-order valence-electron chi connectivity index (χ1n) is 4.28. The second-order valence-corrected chi connectivity index (χ2v) is 4.08. The zero-order chi connectivity index (χ0) is 9.26. The summed E-state index contributed by atoms with van der Waals surface area (Å²) >= 11 is 3.49. The maximum atomic E-state index is 11.0. The third-order valence-electron chi connectivity index (χ3n) is 2.32. The van der Waals surface area contributed by atoms with Crippen molar-refractivity contribution >= 4 is 21.8 Å². The lowest BCUT2D eigenvalue weighted by atomic mass is 9.99. The van der Waals surface area contributed by atoms with Crippen molar-refractivity contribution in [2.75, 3.05) is 6.54 Å². The van der Waals surface area contributed by atoms with Crippen molar-refractivity contribution in [3.63, 3.8) is 0 Å². The monoisotopic (exact) mass is 239 g/mol. The van der Waals surface area contributed by atoms with E-state index in [1.165, 1.54) is 5.56 Å². The Bertz CT molecular complexity index is 337. The lowest BCUT2D eigenvalue weighted by Gasteiger charge is -2.09. The third-order valence-corrected chi connectivity index (χ3v) is 3.04. The van der Waals surface area contributed by atoms with Crippen molar-refractivity contribution < 1.29 is 4.79 Å². The van der Waals surface area contributed by atoms with Gasteiger partial charge in [0.05, 0.1) is 0 Å². The number of amides is 1. The van der Waals surface area contributed by atoms with Crippen LogP contribution >= 0.6 is 15.9 Å². The van der Waals surface area contributed by atoms with Crippen molar-refractivity contribution in [2.24, 2.45) is 0 Å². The predicted octanol–water partition coefficient (Wildman–Crippen LogP) is 2.05. The second kappa shape index (κ2) is 3.50. The van der Waals surface area contributed by atoms with Crippen molar-refractivity contribution in [1.29, 1.82) is 0 Å². The van der Waals surface area contributed by atoms with Crippen LogP contribution in [0.3, 0.4) is 0 Å². The summed E-state index contributed by atoms with van der Waals surface area (Å²) in [6.45, 7) is 0.765. The molecule has 1 fully saturated rings. The van der Waals surface area contributed by atoms with Gasteiger partial charge < -0.3 is 5.32 Å². The minimum Gasteiger partial charge on any atom is -0.355 e. The van der Waals surface area contributed by atoms with Gasteiger partial charge in [-0.25, -0.2) is 0 Å². The van der Waals surface area contributed by atoms with E-state index in [0.717, 1.165) is 11.0 Å². The zero-order valence-electron chi connectivity index (χ0n) is 7.09. The standard InChI is InChI=1S/C10H10BrNO/c11-9-4-2-1-3-8(9)7-5-10(13)12-6-7/h1-4,7H,5-6H2,(H,12,13). The van der Waals surface area contributed by atoms with E-state index in [4.69, 9.17) is 0 Å². The Kier molecular flexibility index (Phi) is 2.36. The van der Waals surface area contributed by atoms with Gasteiger partial charge in [-0.1, -0.05) is 34.1 Å². The average Bonchev–Trinajstić information content (AvgIpc) is 2.53. The molecule has 1 unspecified atom stereocenters. The van der Waals surface area contributed by atoms with Crippen LogP contribution in [0.5, 0.6) is 0 Å². The molecule has 1 aliphatic heterocycles. The van der Waals surface area contributed by atoms with Gasteiger partial charge >= 0.3 is 0 Å². The number of carbonyl (C=O) groups excluding carboxylic acids is 1. The minimum atomic E-state index is 0.153. The van der Waals surface area contributed by atoms with Crippen LogP contribution in [-0.2, 0) is 4.79 Å². The highest BCUT2D eigenvalue weighted by Crippen LogP contribution is 2.28. The van der Waals surface area contributed by atoms with Crippen LogP contribution in [0.1, 0.15) is 17.9 Å². The van der Waals surface area contributed by atoms with Gasteiger partial charge in [0.15, 0.2) is 0 Å². The number of halogens is 1. The molecule has 1 atom stereocenters. The Hall–Kier alpha value is -0.830. The molecule has 0 aromatic heterocycles. The lowest BCUT2D eigenvalue weighted by Crippen LogP contribution is -2.13. The van der Waals surface area contributed by atoms with Crippen molar-refractivity contribution in [1.82, 2.24) is 5.32 Å². The van der Waals surface area contributed by atoms with E-state index in [1.807, 2.05) is 18.2 Å². The van der Waals surface area contributed by atoms with Crippen LogP contribution in [0.4, 0.5) is 0 Å². The van der Waals surface area contributed by atoms with E-state index in [2.05, 4.69) is 27.3 Å². The third kappa shape index (κ3) is 1.75. The van der Waals surface area contributed by atoms with Crippen LogP contribution in [0.25, 0.3) is 0 Å². The Morgan fingerprint density at radius 1 is 1.38 bits per heavy atom. The smallest absolute Gasteiger partial charge is 0.220 e. The van der Waals surface area contributed by atoms with Crippen LogP contribution in [-0.4, -0.2) is 12.5 Å². The fourth-order valence-electron chi connectivity index (χ4n) is 1.63. The maximum absolute atomic E-state index is 11.0. The molecule has 0 spiro atoms. The predicted molar refractivity (Wildman–Crippen MR) is 54.5 cm³/mol. The molecule has 0 radical (unpaired) electrons. The molecule has 1 amide bonds. The molecule has 0 saturated carbocycles. The summed E-state index contributed by atoms with van der Waals surface area (Å²) in [7, 11) is 0. The molecule has 1 aliphatic rings. The Morgan fingerprint density at radius 2 is 2.15 bits per heavy atom. The summed E-state index contributed by atoms with van der Waals surface area (Å²) in [5.74, 6) is 0.490. The van der Waals surface area contributed by atoms with Crippen molar-refractivity contribution in [2.45, 2.75) is 12.3 Å². The first-order valence-corrected chi connectivity index (χ1v) is 5.08. The van der Waals surface area contributed by atoms with Crippen LogP contribution in [0.2, 0.25) is 0 Å². The van der Waals surface area contributed by atoms with Gasteiger partial charge in [-0.15, -0.1) is 0 Å². The summed E-state index contributed by atoms with van der Waals surface area (Å²) in [6, 6.07) is 8.06. The number of hydrogen-bond acceptors (Lipinski definition) is 1. The van der Waals surface area contributed by atoms with E-state index in [-0.39, 0.29) is 5.91 Å². The molecule has 0 aliphatic carbocycles. The molecule has 1 heterocycles. The summed E-state index contributed by atoms with van der Waals surface area (Å²) in [6.07, 6.45) is 0.614. The van der Waals surface area contributed by atoms with Gasteiger partial charge in [0.25, 0.3) is 0 Å². The lowest BCUT2D eigenvalue weighted by molar-refractivity contribution is -0.119. The molecule has 1 N–H and O–H groups in total. The highest BCUT2D eigenvalue weighted by molar-refractivity contribution is 9.10. The topological polar surface area (TPSA) is 29.1 Å². The van der Waals surface area contributed by atoms with Gasteiger partial charge in [0.2, 0.25) is 5.91 Å². The van der Waals surface area contributed by atoms with Gasteiger partial charge in [-0.05, 0) is 11.6 Å². The van der Waals surface area contributed by atoms with Crippen LogP contribution < -0.4 is 5.32 Å². The summed E-state index contributed by atoms with van der Waals surface area (Å²) in [5, 5.41) is 2.84.